The van der Waals surface area contributed by atoms with Crippen molar-refractivity contribution in [2.75, 3.05) is 6.61 Å². The number of thioether (sulfide) groups is 1. The van der Waals surface area contributed by atoms with E-state index < -0.39 is 40.8 Å². The zero-order chi connectivity index (χ0) is 30.4. The molecule has 2 saturated heterocycles. The fourth-order valence-electron chi connectivity index (χ4n) is 5.26. The van der Waals surface area contributed by atoms with Crippen LogP contribution >= 0.6 is 11.8 Å². The lowest BCUT2D eigenvalue weighted by Gasteiger charge is -2.43. The van der Waals surface area contributed by atoms with Gasteiger partial charge in [-0.3, -0.25) is 4.79 Å². The van der Waals surface area contributed by atoms with Crippen LogP contribution in [0.2, 0.25) is 0 Å². The molecular weight excluding hydrogens is 568 g/mol. The maximum atomic E-state index is 13.2. The van der Waals surface area contributed by atoms with E-state index in [1.165, 1.54) is 16.7 Å². The number of carbonyl (C=O) groups is 4. The minimum Gasteiger partial charge on any atom is -0.463 e. The van der Waals surface area contributed by atoms with Crippen molar-refractivity contribution in [3.63, 3.8) is 0 Å². The van der Waals surface area contributed by atoms with Crippen molar-refractivity contribution in [1.29, 1.82) is 0 Å². The topological polar surface area (TPSA) is 111 Å². The molecule has 0 radical (unpaired) electrons. The fraction of sp³-hybridized carbons (Fsp3) is 0.333. The van der Waals surface area contributed by atoms with E-state index in [4.69, 9.17) is 14.2 Å². The second-order valence-electron chi connectivity index (χ2n) is 11.0. The molecule has 2 fully saturated rings. The Balaban J connectivity index is 1.18. The number of nitrogens with zero attached hydrogens (tertiary/aromatic N) is 1. The average molecular weight is 603 g/mol. The number of ether oxygens (including phenoxy) is 3. The van der Waals surface area contributed by atoms with E-state index in [-0.39, 0.29) is 37.5 Å². The van der Waals surface area contributed by atoms with E-state index in [0.29, 0.717) is 0 Å². The number of nitrogens with one attached hydrogen (secondary N) is 1. The van der Waals surface area contributed by atoms with E-state index in [1.54, 1.807) is 0 Å². The molecule has 9 nitrogen and oxygen atoms in total. The van der Waals surface area contributed by atoms with Crippen molar-refractivity contribution < 1.29 is 33.4 Å². The number of fused-ring (bicyclic) bond motifs is 1. The van der Waals surface area contributed by atoms with E-state index in [2.05, 4.69) is 5.32 Å². The van der Waals surface area contributed by atoms with Gasteiger partial charge in [0.2, 0.25) is 5.91 Å². The molecule has 3 aromatic rings. The van der Waals surface area contributed by atoms with Crippen LogP contribution in [-0.2, 0) is 48.2 Å². The van der Waals surface area contributed by atoms with Crippen LogP contribution in [0, 0.1) is 5.92 Å². The maximum Gasteiger partial charge on any atom is 0.408 e. The van der Waals surface area contributed by atoms with Gasteiger partial charge in [-0.25, -0.2) is 14.4 Å². The summed E-state index contributed by atoms with van der Waals surface area (Å²) in [6, 6.07) is 26.0. The minimum atomic E-state index is -1.02. The number of hydrogen-bond acceptors (Lipinski definition) is 8. The van der Waals surface area contributed by atoms with Crippen LogP contribution in [0.25, 0.3) is 0 Å². The molecule has 1 N–H and O–H groups in total. The SMILES string of the molecule is CC1(C)S[C@@H]2[C@H](COC(=O)[C@H](Cc3ccccc3)NC(=O)OCc3ccccc3)C(=O)N2[C@H]1C(=O)OCc1ccccc1. The number of hydrogen-bond donors (Lipinski definition) is 1. The van der Waals surface area contributed by atoms with Crippen LogP contribution < -0.4 is 5.32 Å². The van der Waals surface area contributed by atoms with Crippen LogP contribution in [-0.4, -0.2) is 57.7 Å². The maximum absolute atomic E-state index is 13.2. The van der Waals surface area contributed by atoms with E-state index >= 15 is 0 Å². The summed E-state index contributed by atoms with van der Waals surface area (Å²) < 4.78 is 15.9. The fourth-order valence-corrected chi connectivity index (χ4v) is 6.92. The second-order valence-corrected chi connectivity index (χ2v) is 12.8. The van der Waals surface area contributed by atoms with Gasteiger partial charge in [0.15, 0.2) is 0 Å². The average Bonchev–Trinajstić information content (AvgIpc) is 3.27. The number of carbonyl (C=O) groups excluding carboxylic acids is 4. The lowest BCUT2D eigenvalue weighted by molar-refractivity contribution is -0.171. The third-order valence-corrected chi connectivity index (χ3v) is 9.10. The summed E-state index contributed by atoms with van der Waals surface area (Å²) in [6.07, 6.45) is -0.566. The van der Waals surface area contributed by atoms with Gasteiger partial charge in [0, 0.05) is 11.2 Å². The summed E-state index contributed by atoms with van der Waals surface area (Å²) in [5, 5.41) is 2.29. The largest absolute Gasteiger partial charge is 0.463 e. The number of β-lactam (4-membered cyclic amide) rings is 1. The van der Waals surface area contributed by atoms with E-state index in [1.807, 2.05) is 105 Å². The molecule has 10 heteroatoms. The van der Waals surface area contributed by atoms with Crippen LogP contribution in [0.4, 0.5) is 4.79 Å². The van der Waals surface area contributed by atoms with Crippen molar-refractivity contribution in [3.8, 4) is 0 Å². The van der Waals surface area contributed by atoms with Gasteiger partial charge in [-0.2, -0.15) is 0 Å². The highest BCUT2D eigenvalue weighted by Crippen LogP contribution is 2.53. The summed E-state index contributed by atoms with van der Waals surface area (Å²) in [4.78, 5) is 53.7. The standard InChI is InChI=1S/C33H34N2O7S/c1-33(2)27(31(38)40-19-23-14-8-4-9-15-23)35-28(36)25(29(35)43-33)21-41-30(37)26(18-22-12-6-3-7-13-22)34-32(39)42-20-24-16-10-5-11-17-24/h3-17,25-27,29H,18-21H2,1-2H3,(H,34,39)/t25-,26+,27+,29-/m1/s1. The Kier molecular flexibility index (Phi) is 9.35. The number of benzene rings is 3. The first-order chi connectivity index (χ1) is 20.7. The van der Waals surface area contributed by atoms with Crippen LogP contribution in [0.3, 0.4) is 0 Å². The van der Waals surface area contributed by atoms with Gasteiger partial charge < -0.3 is 24.4 Å². The Bertz CT molecular complexity index is 1440. The van der Waals surface area contributed by atoms with Crippen molar-refractivity contribution in [2.24, 2.45) is 5.92 Å². The normalized spacial score (nSPS) is 20.7. The molecule has 2 aliphatic rings. The molecule has 3 aromatic carbocycles. The molecule has 224 valence electrons. The molecule has 2 heterocycles. The third-order valence-electron chi connectivity index (χ3n) is 7.48. The highest BCUT2D eigenvalue weighted by molar-refractivity contribution is 8.01. The summed E-state index contributed by atoms with van der Waals surface area (Å²) in [5.41, 5.74) is 2.49. The Morgan fingerprint density at radius 1 is 0.814 bits per heavy atom. The molecule has 0 aromatic heterocycles. The smallest absolute Gasteiger partial charge is 0.408 e. The summed E-state index contributed by atoms with van der Waals surface area (Å²) in [5.74, 6) is -2.02. The number of rotatable bonds is 11. The summed E-state index contributed by atoms with van der Waals surface area (Å²) >= 11 is 1.49. The molecule has 43 heavy (non-hydrogen) atoms. The van der Waals surface area contributed by atoms with Crippen molar-refractivity contribution in [3.05, 3.63) is 108 Å². The van der Waals surface area contributed by atoms with Crippen molar-refractivity contribution in [2.45, 2.75) is 55.7 Å². The first kappa shape index (κ1) is 30.2. The summed E-state index contributed by atoms with van der Waals surface area (Å²) in [6.45, 7) is 3.81. The monoisotopic (exact) mass is 602 g/mol. The second kappa shape index (κ2) is 13.3. The van der Waals surface area contributed by atoms with Crippen molar-refractivity contribution in [1.82, 2.24) is 10.2 Å². The molecule has 2 amide bonds. The highest BCUT2D eigenvalue weighted by Gasteiger charge is 2.64. The number of alkyl carbamates (subject to hydrolysis) is 1. The van der Waals surface area contributed by atoms with Gasteiger partial charge >= 0.3 is 18.0 Å². The first-order valence-corrected chi connectivity index (χ1v) is 15.0. The predicted octanol–water partition coefficient (Wildman–Crippen LogP) is 4.49. The number of esters is 2. The molecular formula is C33H34N2O7S. The molecule has 0 spiro atoms. The zero-order valence-electron chi connectivity index (χ0n) is 24.0. The predicted molar refractivity (Wildman–Crippen MR) is 160 cm³/mol. The van der Waals surface area contributed by atoms with Gasteiger partial charge in [0.1, 0.15) is 37.8 Å². The van der Waals surface area contributed by atoms with Gasteiger partial charge in [-0.05, 0) is 30.5 Å². The van der Waals surface area contributed by atoms with Gasteiger partial charge in [-0.15, -0.1) is 11.8 Å². The molecule has 0 bridgehead atoms. The lowest BCUT2D eigenvalue weighted by Crippen LogP contribution is -2.64. The van der Waals surface area contributed by atoms with Crippen molar-refractivity contribution >= 4 is 35.7 Å². The minimum absolute atomic E-state index is 0.0514. The van der Waals surface area contributed by atoms with Crippen LogP contribution in [0.5, 0.6) is 0 Å². The van der Waals surface area contributed by atoms with Crippen LogP contribution in [0.15, 0.2) is 91.0 Å². The van der Waals surface area contributed by atoms with E-state index in [9.17, 15) is 19.2 Å². The Morgan fingerprint density at radius 2 is 1.35 bits per heavy atom. The molecule has 0 unspecified atom stereocenters. The Hall–Kier alpha value is -4.31. The Labute approximate surface area is 254 Å². The molecule has 5 rings (SSSR count). The summed E-state index contributed by atoms with van der Waals surface area (Å²) in [7, 11) is 0. The molecule has 0 aliphatic carbocycles. The molecule has 2 aliphatic heterocycles. The van der Waals surface area contributed by atoms with E-state index in [0.717, 1.165) is 16.7 Å². The lowest BCUT2D eigenvalue weighted by atomic mass is 9.92. The first-order valence-electron chi connectivity index (χ1n) is 14.1. The molecule has 4 atom stereocenters. The Morgan fingerprint density at radius 3 is 1.93 bits per heavy atom. The van der Waals surface area contributed by atoms with Gasteiger partial charge in [0.25, 0.3) is 0 Å². The zero-order valence-corrected chi connectivity index (χ0v) is 24.8. The molecule has 0 saturated carbocycles. The number of amides is 2. The van der Waals surface area contributed by atoms with Crippen LogP contribution in [0.1, 0.15) is 30.5 Å². The quantitative estimate of drug-likeness (QED) is 0.194. The van der Waals surface area contributed by atoms with Gasteiger partial charge in [0.05, 0.1) is 5.37 Å². The van der Waals surface area contributed by atoms with Gasteiger partial charge in [-0.1, -0.05) is 91.0 Å². The third kappa shape index (κ3) is 7.19. The highest BCUT2D eigenvalue weighted by atomic mass is 32.2.